The van der Waals surface area contributed by atoms with E-state index in [0.29, 0.717) is 11.9 Å². The Morgan fingerprint density at radius 1 is 1.24 bits per heavy atom. The molecular formula is C26H32ClF3N4O3. The zero-order valence-corrected chi connectivity index (χ0v) is 21.7. The molecule has 3 fully saturated rings. The highest BCUT2D eigenvalue weighted by Crippen LogP contribution is 2.50. The Morgan fingerprint density at radius 3 is 2.43 bits per heavy atom. The highest BCUT2D eigenvalue weighted by Gasteiger charge is 2.58. The third-order valence-electron chi connectivity index (χ3n) is 7.47. The molecule has 1 N–H and O–H groups in total. The molecule has 2 aliphatic heterocycles. The highest BCUT2D eigenvalue weighted by molar-refractivity contribution is 6.30. The summed E-state index contributed by atoms with van der Waals surface area (Å²) >= 11 is 6.07. The van der Waals surface area contributed by atoms with Gasteiger partial charge in [-0.25, -0.2) is 9.78 Å². The van der Waals surface area contributed by atoms with Crippen LogP contribution in [0, 0.1) is 11.3 Å². The van der Waals surface area contributed by atoms with Crippen LogP contribution in [0.2, 0.25) is 5.02 Å². The fourth-order valence-corrected chi connectivity index (χ4v) is 5.41. The van der Waals surface area contributed by atoms with E-state index in [1.807, 2.05) is 18.5 Å². The molecule has 0 radical (unpaired) electrons. The Balaban J connectivity index is 0.000000405. The van der Waals surface area contributed by atoms with E-state index in [2.05, 4.69) is 46.5 Å². The van der Waals surface area contributed by atoms with Gasteiger partial charge in [0, 0.05) is 55.9 Å². The number of hydrogen-bond acceptors (Lipinski definition) is 4. The van der Waals surface area contributed by atoms with Gasteiger partial charge in [-0.15, -0.1) is 0 Å². The van der Waals surface area contributed by atoms with Gasteiger partial charge in [0.1, 0.15) is 0 Å². The summed E-state index contributed by atoms with van der Waals surface area (Å²) in [6, 6.07) is 8.45. The number of rotatable bonds is 6. The van der Waals surface area contributed by atoms with Crippen molar-refractivity contribution < 1.29 is 27.9 Å². The molecule has 3 heterocycles. The summed E-state index contributed by atoms with van der Waals surface area (Å²) in [7, 11) is 0. The smallest absolute Gasteiger partial charge is 0.475 e. The number of hydrogen-bond donors (Lipinski definition) is 1. The van der Waals surface area contributed by atoms with Gasteiger partial charge in [-0.2, -0.15) is 13.2 Å². The monoisotopic (exact) mass is 540 g/mol. The zero-order valence-electron chi connectivity index (χ0n) is 20.9. The lowest BCUT2D eigenvalue weighted by Gasteiger charge is -2.28. The second-order valence-electron chi connectivity index (χ2n) is 10.6. The Hall–Kier alpha value is -2.59. The molecule has 5 rings (SSSR count). The summed E-state index contributed by atoms with van der Waals surface area (Å²) in [4.78, 5) is 32.0. The number of likely N-dealkylation sites (tertiary alicyclic amines) is 2. The van der Waals surface area contributed by atoms with Crippen molar-refractivity contribution in [2.24, 2.45) is 11.3 Å². The van der Waals surface area contributed by atoms with Gasteiger partial charge < -0.3 is 14.6 Å². The van der Waals surface area contributed by atoms with Crippen LogP contribution < -0.4 is 0 Å². The molecule has 1 aromatic heterocycles. The molecule has 1 aromatic carbocycles. The van der Waals surface area contributed by atoms with Crippen molar-refractivity contribution in [2.45, 2.75) is 57.8 Å². The molecule has 202 valence electrons. The molecule has 2 aromatic rings. The molecule has 2 atom stereocenters. The standard InChI is InChI=1S/C24H31ClN4O.C2HF3O2/c1-17(2)29-14-22(26-16-29)21-13-27(11-18-5-7-20(25)8-6-18)15-24(21)9-10-28(23(24)30)12-19-3-4-19;3-2(4,5)1(6)7/h5-8,14,16-17,19,21H,3-4,9-13,15H2,1-2H3;(H,6,7). The van der Waals surface area contributed by atoms with Crippen LogP contribution in [0.15, 0.2) is 36.8 Å². The number of amides is 1. The lowest BCUT2D eigenvalue weighted by Crippen LogP contribution is -2.40. The molecule has 1 spiro atoms. The third kappa shape index (κ3) is 6.29. The number of aromatic nitrogens is 2. The van der Waals surface area contributed by atoms with E-state index in [0.717, 1.165) is 55.8 Å². The lowest BCUT2D eigenvalue weighted by molar-refractivity contribution is -0.192. The van der Waals surface area contributed by atoms with Gasteiger partial charge in [-0.05, 0) is 56.7 Å². The number of aliphatic carboxylic acids is 1. The van der Waals surface area contributed by atoms with Crippen molar-refractivity contribution in [3.05, 3.63) is 53.1 Å². The number of carboxylic acid groups (broad SMARTS) is 1. The molecule has 11 heteroatoms. The van der Waals surface area contributed by atoms with E-state index in [9.17, 15) is 18.0 Å². The maximum atomic E-state index is 13.7. The van der Waals surface area contributed by atoms with Gasteiger partial charge in [0.15, 0.2) is 0 Å². The number of nitrogens with zero attached hydrogens (tertiary/aromatic N) is 4. The van der Waals surface area contributed by atoms with Crippen molar-refractivity contribution in [3.63, 3.8) is 0 Å². The van der Waals surface area contributed by atoms with Crippen molar-refractivity contribution in [2.75, 3.05) is 26.2 Å². The summed E-state index contributed by atoms with van der Waals surface area (Å²) < 4.78 is 33.9. The average molecular weight is 541 g/mol. The zero-order chi connectivity index (χ0) is 27.0. The minimum atomic E-state index is -5.08. The number of halogens is 4. The van der Waals surface area contributed by atoms with E-state index in [1.54, 1.807) is 0 Å². The molecule has 1 saturated carbocycles. The van der Waals surface area contributed by atoms with E-state index in [-0.39, 0.29) is 11.3 Å². The molecule has 2 unspecified atom stereocenters. The minimum Gasteiger partial charge on any atom is -0.475 e. The second kappa shape index (κ2) is 10.6. The maximum Gasteiger partial charge on any atom is 0.490 e. The van der Waals surface area contributed by atoms with E-state index >= 15 is 0 Å². The van der Waals surface area contributed by atoms with Gasteiger partial charge in [-0.1, -0.05) is 23.7 Å². The predicted octanol–water partition coefficient (Wildman–Crippen LogP) is 4.98. The third-order valence-corrected chi connectivity index (χ3v) is 7.72. The Labute approximate surface area is 219 Å². The summed E-state index contributed by atoms with van der Waals surface area (Å²) in [6.45, 7) is 8.71. The molecule has 37 heavy (non-hydrogen) atoms. The topological polar surface area (TPSA) is 78.7 Å². The molecular weight excluding hydrogens is 509 g/mol. The fraction of sp³-hybridized carbons (Fsp3) is 0.577. The first-order valence-corrected chi connectivity index (χ1v) is 12.9. The first-order valence-electron chi connectivity index (χ1n) is 12.5. The van der Waals surface area contributed by atoms with Gasteiger partial charge in [-0.3, -0.25) is 9.69 Å². The van der Waals surface area contributed by atoms with E-state index in [1.165, 1.54) is 18.4 Å². The van der Waals surface area contributed by atoms with Gasteiger partial charge in [0.05, 0.1) is 17.4 Å². The van der Waals surface area contributed by atoms with Crippen LogP contribution >= 0.6 is 11.6 Å². The number of benzene rings is 1. The van der Waals surface area contributed by atoms with Gasteiger partial charge >= 0.3 is 12.1 Å². The molecule has 1 aliphatic carbocycles. The summed E-state index contributed by atoms with van der Waals surface area (Å²) in [5.74, 6) is -1.51. The van der Waals surface area contributed by atoms with Crippen LogP contribution in [0.25, 0.3) is 0 Å². The Bertz CT molecular complexity index is 1120. The largest absolute Gasteiger partial charge is 0.490 e. The Morgan fingerprint density at radius 2 is 1.89 bits per heavy atom. The summed E-state index contributed by atoms with van der Waals surface area (Å²) in [6.07, 6.45) is 2.51. The van der Waals surface area contributed by atoms with Crippen LogP contribution in [-0.4, -0.2) is 68.7 Å². The Kier molecular flexibility index (Phi) is 7.90. The second-order valence-corrected chi connectivity index (χ2v) is 11.0. The molecule has 0 bridgehead atoms. The van der Waals surface area contributed by atoms with Crippen molar-refractivity contribution in [1.29, 1.82) is 0 Å². The quantitative estimate of drug-likeness (QED) is 0.559. The predicted molar refractivity (Wildman–Crippen MR) is 132 cm³/mol. The SMILES string of the molecule is CC(C)n1cnc(C2CN(Cc3ccc(Cl)cc3)CC23CCN(CC2CC2)C3=O)c1.O=C(O)C(F)(F)F. The summed E-state index contributed by atoms with van der Waals surface area (Å²) in [5.41, 5.74) is 1.98. The van der Waals surface area contributed by atoms with Crippen LogP contribution in [0.4, 0.5) is 13.2 Å². The van der Waals surface area contributed by atoms with E-state index in [4.69, 9.17) is 26.5 Å². The molecule has 7 nitrogen and oxygen atoms in total. The van der Waals surface area contributed by atoms with Crippen molar-refractivity contribution in [1.82, 2.24) is 19.4 Å². The minimum absolute atomic E-state index is 0.154. The number of alkyl halides is 3. The first-order chi connectivity index (χ1) is 17.4. The highest BCUT2D eigenvalue weighted by atomic mass is 35.5. The summed E-state index contributed by atoms with van der Waals surface area (Å²) in [5, 5.41) is 7.88. The molecule has 3 aliphatic rings. The van der Waals surface area contributed by atoms with Crippen molar-refractivity contribution >= 4 is 23.5 Å². The van der Waals surface area contributed by atoms with Crippen LogP contribution in [-0.2, 0) is 16.1 Å². The number of carboxylic acids is 1. The fourth-order valence-electron chi connectivity index (χ4n) is 5.28. The van der Waals surface area contributed by atoms with Crippen LogP contribution in [0.3, 0.4) is 0 Å². The molecule has 1 amide bonds. The maximum absolute atomic E-state index is 13.7. The molecule has 2 saturated heterocycles. The average Bonchev–Trinajstić information content (AvgIpc) is 3.24. The van der Waals surface area contributed by atoms with Gasteiger partial charge in [0.2, 0.25) is 5.91 Å². The lowest BCUT2D eigenvalue weighted by atomic mass is 9.75. The number of carbonyl (C=O) groups is 2. The normalized spacial score (nSPS) is 24.1. The van der Waals surface area contributed by atoms with Crippen LogP contribution in [0.5, 0.6) is 0 Å². The first kappa shape index (κ1) is 27.4. The van der Waals surface area contributed by atoms with Crippen molar-refractivity contribution in [3.8, 4) is 0 Å². The van der Waals surface area contributed by atoms with E-state index < -0.39 is 12.1 Å². The van der Waals surface area contributed by atoms with Gasteiger partial charge in [0.25, 0.3) is 0 Å². The number of carbonyl (C=O) groups excluding carboxylic acids is 1. The number of imidazole rings is 1. The van der Waals surface area contributed by atoms with Crippen LogP contribution in [0.1, 0.15) is 56.3 Å².